The lowest BCUT2D eigenvalue weighted by atomic mass is 10.3. The van der Waals surface area contributed by atoms with Crippen LogP contribution in [0.5, 0.6) is 0 Å². The van der Waals surface area contributed by atoms with E-state index in [9.17, 15) is 4.79 Å². The van der Waals surface area contributed by atoms with Crippen molar-refractivity contribution in [2.75, 3.05) is 6.61 Å². The molecule has 0 aromatic rings. The van der Waals surface area contributed by atoms with Crippen LogP contribution in [0.25, 0.3) is 0 Å². The van der Waals surface area contributed by atoms with E-state index < -0.39 is 5.97 Å². The molecule has 0 aromatic heterocycles. The van der Waals surface area contributed by atoms with E-state index in [0.29, 0.717) is 12.1 Å². The van der Waals surface area contributed by atoms with Crippen LogP contribution in [0, 0.1) is 0 Å². The number of hydrogen-bond acceptors (Lipinski definition) is 5. The molecule has 0 aliphatic heterocycles. The molecule has 0 rings (SSSR count). The Hall–Kier alpha value is -1.49. The van der Waals surface area contributed by atoms with Crippen molar-refractivity contribution < 1.29 is 9.53 Å². The molecule has 0 spiro atoms. The third-order valence-electron chi connectivity index (χ3n) is 1.56. The van der Waals surface area contributed by atoms with Crippen LogP contribution in [-0.4, -0.2) is 17.6 Å². The Morgan fingerprint density at radius 2 is 2.14 bits per heavy atom. The van der Waals surface area contributed by atoms with Gasteiger partial charge < -0.3 is 10.5 Å². The molecule has 0 heterocycles. The van der Waals surface area contributed by atoms with Gasteiger partial charge in [0.2, 0.25) is 0 Å². The Labute approximate surface area is 84.0 Å². The van der Waals surface area contributed by atoms with Gasteiger partial charge >= 0.3 is 5.97 Å². The lowest BCUT2D eigenvalue weighted by Crippen LogP contribution is -2.27. The van der Waals surface area contributed by atoms with Crippen LogP contribution in [0.4, 0.5) is 0 Å². The van der Waals surface area contributed by atoms with E-state index in [1.165, 1.54) is 11.2 Å². The standard InChI is InChI=1S/C9H17N3O2/c1-4-7(3)12(11)6-8(10)9(13)14-5-2/h6H,3-5,10-11H2,1-2H3/b8-6-. The lowest BCUT2D eigenvalue weighted by Gasteiger charge is -2.15. The molecule has 5 nitrogen and oxygen atoms in total. The van der Waals surface area contributed by atoms with Crippen LogP contribution >= 0.6 is 0 Å². The number of rotatable bonds is 5. The van der Waals surface area contributed by atoms with E-state index in [0.717, 1.165) is 0 Å². The molecule has 0 aromatic carbocycles. The molecule has 0 saturated carbocycles. The van der Waals surface area contributed by atoms with Gasteiger partial charge in [-0.25, -0.2) is 10.6 Å². The van der Waals surface area contributed by atoms with Crippen molar-refractivity contribution in [3.63, 3.8) is 0 Å². The van der Waals surface area contributed by atoms with Crippen molar-refractivity contribution in [1.29, 1.82) is 0 Å². The molecule has 4 N–H and O–H groups in total. The Bertz CT molecular complexity index is 248. The lowest BCUT2D eigenvalue weighted by molar-refractivity contribution is -0.138. The summed E-state index contributed by atoms with van der Waals surface area (Å²) in [5.41, 5.74) is 6.05. The maximum atomic E-state index is 11.1. The number of hydrazine groups is 1. The highest BCUT2D eigenvalue weighted by molar-refractivity contribution is 5.87. The molecule has 14 heavy (non-hydrogen) atoms. The maximum absolute atomic E-state index is 11.1. The molecule has 0 radical (unpaired) electrons. The highest BCUT2D eigenvalue weighted by Crippen LogP contribution is 2.02. The Morgan fingerprint density at radius 3 is 2.57 bits per heavy atom. The van der Waals surface area contributed by atoms with Crippen molar-refractivity contribution in [2.24, 2.45) is 11.6 Å². The highest BCUT2D eigenvalue weighted by atomic mass is 16.5. The zero-order chi connectivity index (χ0) is 11.1. The molecule has 80 valence electrons. The van der Waals surface area contributed by atoms with E-state index in [2.05, 4.69) is 11.3 Å². The quantitative estimate of drug-likeness (QED) is 0.291. The minimum Gasteiger partial charge on any atom is -0.461 e. The van der Waals surface area contributed by atoms with Crippen molar-refractivity contribution in [1.82, 2.24) is 5.01 Å². The average Bonchev–Trinajstić information content (AvgIpc) is 2.16. The van der Waals surface area contributed by atoms with Gasteiger partial charge in [0.15, 0.2) is 0 Å². The summed E-state index contributed by atoms with van der Waals surface area (Å²) >= 11 is 0. The third kappa shape index (κ3) is 3.95. The van der Waals surface area contributed by atoms with Gasteiger partial charge in [-0.05, 0) is 13.3 Å². The Morgan fingerprint density at radius 1 is 1.57 bits per heavy atom. The van der Waals surface area contributed by atoms with Gasteiger partial charge in [-0.15, -0.1) is 0 Å². The second-order valence-electron chi connectivity index (χ2n) is 2.63. The summed E-state index contributed by atoms with van der Waals surface area (Å²) in [5.74, 6) is 4.96. The van der Waals surface area contributed by atoms with Gasteiger partial charge in [-0.2, -0.15) is 0 Å². The zero-order valence-corrected chi connectivity index (χ0v) is 8.62. The van der Waals surface area contributed by atoms with E-state index in [4.69, 9.17) is 11.6 Å². The molecule has 0 saturated heterocycles. The number of carbonyl (C=O) groups is 1. The van der Waals surface area contributed by atoms with Gasteiger partial charge in [0.25, 0.3) is 0 Å². The number of ether oxygens (including phenoxy) is 1. The molecular weight excluding hydrogens is 182 g/mol. The van der Waals surface area contributed by atoms with E-state index in [-0.39, 0.29) is 12.3 Å². The van der Waals surface area contributed by atoms with E-state index >= 15 is 0 Å². The maximum Gasteiger partial charge on any atom is 0.355 e. The van der Waals surface area contributed by atoms with Gasteiger partial charge in [0.05, 0.1) is 12.8 Å². The van der Waals surface area contributed by atoms with E-state index in [1.54, 1.807) is 6.92 Å². The molecule has 0 aliphatic carbocycles. The van der Waals surface area contributed by atoms with Gasteiger partial charge in [0.1, 0.15) is 5.70 Å². The number of nitrogens with two attached hydrogens (primary N) is 2. The first-order chi connectivity index (χ1) is 6.52. The van der Waals surface area contributed by atoms with Crippen molar-refractivity contribution in [3.05, 3.63) is 24.2 Å². The predicted molar refractivity (Wildman–Crippen MR) is 54.4 cm³/mol. The summed E-state index contributed by atoms with van der Waals surface area (Å²) < 4.78 is 4.67. The van der Waals surface area contributed by atoms with Crippen LogP contribution in [0.15, 0.2) is 24.2 Å². The minimum absolute atomic E-state index is 0.0380. The first kappa shape index (κ1) is 12.5. The van der Waals surface area contributed by atoms with Crippen LogP contribution < -0.4 is 11.6 Å². The third-order valence-corrected chi connectivity index (χ3v) is 1.56. The second-order valence-corrected chi connectivity index (χ2v) is 2.63. The van der Waals surface area contributed by atoms with Gasteiger partial charge in [-0.3, -0.25) is 5.01 Å². The fourth-order valence-electron chi connectivity index (χ4n) is 0.691. The van der Waals surface area contributed by atoms with Crippen molar-refractivity contribution in [2.45, 2.75) is 20.3 Å². The average molecular weight is 199 g/mol. The molecule has 0 amide bonds. The first-order valence-corrected chi connectivity index (χ1v) is 4.39. The summed E-state index contributed by atoms with van der Waals surface area (Å²) in [5, 5.41) is 1.21. The summed E-state index contributed by atoms with van der Waals surface area (Å²) in [6.45, 7) is 7.57. The molecule has 0 unspecified atom stereocenters. The van der Waals surface area contributed by atoms with Gasteiger partial charge in [-0.1, -0.05) is 13.5 Å². The SMILES string of the molecule is C=C(CC)N(N)/C=C(\N)C(=O)OCC. The van der Waals surface area contributed by atoms with Crippen LogP contribution in [0.2, 0.25) is 0 Å². The molecular formula is C9H17N3O2. The molecule has 5 heteroatoms. The first-order valence-electron chi connectivity index (χ1n) is 4.39. The molecule has 0 aliphatic rings. The van der Waals surface area contributed by atoms with E-state index in [1.807, 2.05) is 6.92 Å². The highest BCUT2D eigenvalue weighted by Gasteiger charge is 2.07. The summed E-state index contributed by atoms with van der Waals surface area (Å²) in [7, 11) is 0. The Balaban J connectivity index is 4.35. The Kier molecular flexibility index (Phi) is 5.40. The minimum atomic E-state index is -0.577. The van der Waals surface area contributed by atoms with Crippen LogP contribution in [0.1, 0.15) is 20.3 Å². The normalized spacial score (nSPS) is 10.9. The number of carbonyl (C=O) groups excluding carboxylic acids is 1. The summed E-state index contributed by atoms with van der Waals surface area (Å²) in [6, 6.07) is 0. The second kappa shape index (κ2) is 6.04. The number of esters is 1. The van der Waals surface area contributed by atoms with Crippen molar-refractivity contribution >= 4 is 5.97 Å². The van der Waals surface area contributed by atoms with Gasteiger partial charge in [0, 0.05) is 5.70 Å². The smallest absolute Gasteiger partial charge is 0.355 e. The van der Waals surface area contributed by atoms with Crippen molar-refractivity contribution in [3.8, 4) is 0 Å². The molecule has 0 bridgehead atoms. The fourth-order valence-corrected chi connectivity index (χ4v) is 0.691. The monoisotopic (exact) mass is 199 g/mol. The predicted octanol–water partition coefficient (Wildman–Crippen LogP) is 0.449. The van der Waals surface area contributed by atoms with Crippen LogP contribution in [-0.2, 0) is 9.53 Å². The summed E-state index contributed by atoms with van der Waals surface area (Å²) in [4.78, 5) is 11.1. The number of allylic oxidation sites excluding steroid dienone is 1. The number of nitrogens with zero attached hydrogens (tertiary/aromatic N) is 1. The summed E-state index contributed by atoms with van der Waals surface area (Å²) in [6.07, 6.45) is 1.98. The zero-order valence-electron chi connectivity index (χ0n) is 8.62. The van der Waals surface area contributed by atoms with Crippen LogP contribution in [0.3, 0.4) is 0 Å². The molecule has 0 atom stereocenters. The number of hydrogen-bond donors (Lipinski definition) is 2. The topological polar surface area (TPSA) is 81.6 Å². The fraction of sp³-hybridized carbons (Fsp3) is 0.444. The molecule has 0 fully saturated rings. The largest absolute Gasteiger partial charge is 0.461 e.